The van der Waals surface area contributed by atoms with E-state index < -0.39 is 0 Å². The van der Waals surface area contributed by atoms with Crippen LogP contribution in [-0.2, 0) is 0 Å². The Balaban J connectivity index is 1.64. The van der Waals surface area contributed by atoms with Crippen LogP contribution in [0.15, 0.2) is 67.0 Å². The van der Waals surface area contributed by atoms with Crippen LogP contribution in [0.4, 0.5) is 23.0 Å². The molecular weight excluding hydrogens is 314 g/mol. The van der Waals surface area contributed by atoms with Gasteiger partial charge in [0.25, 0.3) is 5.91 Å². The minimum atomic E-state index is -0.246. The summed E-state index contributed by atoms with van der Waals surface area (Å²) in [6.07, 6.45) is 3.00. The van der Waals surface area contributed by atoms with Gasteiger partial charge in [0.15, 0.2) is 0 Å². The number of hydrogen-bond acceptors (Lipinski definition) is 5. The van der Waals surface area contributed by atoms with Crippen LogP contribution in [0, 0.1) is 0 Å². The lowest BCUT2D eigenvalue weighted by molar-refractivity contribution is 0.102. The summed E-state index contributed by atoms with van der Waals surface area (Å²) in [5.74, 6) is 0.196. The highest BCUT2D eigenvalue weighted by atomic mass is 16.1. The molecule has 0 fully saturated rings. The SMILES string of the molecule is CN(C)c1ccc(NC(=O)c2cnc(Nc3ccccc3)nc2)cc1. The lowest BCUT2D eigenvalue weighted by Gasteiger charge is -2.13. The Bertz CT molecular complexity index is 830. The third-order valence-corrected chi connectivity index (χ3v) is 3.59. The number of anilines is 4. The highest BCUT2D eigenvalue weighted by molar-refractivity contribution is 6.04. The summed E-state index contributed by atoms with van der Waals surface area (Å²) < 4.78 is 0. The standard InChI is InChI=1S/C19H19N5O/c1-24(2)17-10-8-16(9-11-17)22-18(25)14-12-20-19(21-13-14)23-15-6-4-3-5-7-15/h3-13H,1-2H3,(H,22,25)(H,20,21,23). The number of carbonyl (C=O) groups excluding carboxylic acids is 1. The minimum Gasteiger partial charge on any atom is -0.378 e. The quantitative estimate of drug-likeness (QED) is 0.747. The first-order valence-corrected chi connectivity index (χ1v) is 7.85. The average Bonchev–Trinajstić information content (AvgIpc) is 2.63. The third-order valence-electron chi connectivity index (χ3n) is 3.59. The van der Waals surface area contributed by atoms with Crippen LogP contribution < -0.4 is 15.5 Å². The molecule has 0 radical (unpaired) electrons. The second-order valence-electron chi connectivity index (χ2n) is 5.68. The second-order valence-corrected chi connectivity index (χ2v) is 5.68. The zero-order valence-corrected chi connectivity index (χ0v) is 14.1. The first-order chi connectivity index (χ1) is 12.1. The van der Waals surface area contributed by atoms with Crippen LogP contribution >= 0.6 is 0 Å². The van der Waals surface area contributed by atoms with E-state index in [1.54, 1.807) is 0 Å². The van der Waals surface area contributed by atoms with Crippen LogP contribution in [0.25, 0.3) is 0 Å². The van der Waals surface area contributed by atoms with Crippen molar-refractivity contribution >= 4 is 28.9 Å². The maximum absolute atomic E-state index is 12.3. The van der Waals surface area contributed by atoms with E-state index in [2.05, 4.69) is 20.6 Å². The van der Waals surface area contributed by atoms with Gasteiger partial charge in [0.2, 0.25) is 5.95 Å². The maximum Gasteiger partial charge on any atom is 0.258 e. The van der Waals surface area contributed by atoms with E-state index in [1.165, 1.54) is 12.4 Å². The van der Waals surface area contributed by atoms with Gasteiger partial charge in [-0.05, 0) is 36.4 Å². The number of hydrogen-bond donors (Lipinski definition) is 2. The summed E-state index contributed by atoms with van der Waals surface area (Å²) in [5.41, 5.74) is 3.08. The number of nitrogens with zero attached hydrogens (tertiary/aromatic N) is 3. The number of aromatic nitrogens is 2. The normalized spacial score (nSPS) is 10.2. The lowest BCUT2D eigenvalue weighted by Crippen LogP contribution is -2.13. The summed E-state index contributed by atoms with van der Waals surface area (Å²) in [5, 5.41) is 5.91. The van der Waals surface area contributed by atoms with Crippen molar-refractivity contribution in [2.45, 2.75) is 0 Å². The van der Waals surface area contributed by atoms with Gasteiger partial charge in [-0.25, -0.2) is 9.97 Å². The molecule has 25 heavy (non-hydrogen) atoms. The molecule has 1 amide bonds. The van der Waals surface area contributed by atoms with E-state index in [4.69, 9.17) is 0 Å². The lowest BCUT2D eigenvalue weighted by atomic mass is 10.2. The summed E-state index contributed by atoms with van der Waals surface area (Å²) in [7, 11) is 3.94. The Morgan fingerprint density at radius 1 is 0.880 bits per heavy atom. The second kappa shape index (κ2) is 7.44. The van der Waals surface area contributed by atoms with Crippen molar-refractivity contribution in [2.24, 2.45) is 0 Å². The molecule has 0 spiro atoms. The predicted octanol–water partition coefficient (Wildman–Crippen LogP) is 3.54. The molecule has 3 aromatic rings. The molecule has 0 aliphatic carbocycles. The number of amides is 1. The van der Waals surface area contributed by atoms with E-state index in [1.807, 2.05) is 73.6 Å². The van der Waals surface area contributed by atoms with Crippen molar-refractivity contribution in [3.8, 4) is 0 Å². The summed E-state index contributed by atoms with van der Waals surface area (Å²) in [6, 6.07) is 17.2. The van der Waals surface area contributed by atoms with E-state index in [9.17, 15) is 4.79 Å². The maximum atomic E-state index is 12.3. The van der Waals surface area contributed by atoms with Crippen molar-refractivity contribution in [3.05, 3.63) is 72.6 Å². The summed E-state index contributed by atoms with van der Waals surface area (Å²) in [4.78, 5) is 22.6. The van der Waals surface area contributed by atoms with Gasteiger partial charge in [-0.15, -0.1) is 0 Å². The molecule has 0 saturated carbocycles. The Morgan fingerprint density at radius 3 is 2.12 bits per heavy atom. The zero-order chi connectivity index (χ0) is 17.6. The fourth-order valence-corrected chi connectivity index (χ4v) is 2.21. The largest absolute Gasteiger partial charge is 0.378 e. The molecule has 0 aliphatic heterocycles. The van der Waals surface area contributed by atoms with Crippen LogP contribution in [-0.4, -0.2) is 30.0 Å². The van der Waals surface area contributed by atoms with Crippen molar-refractivity contribution in [3.63, 3.8) is 0 Å². The number of nitrogens with one attached hydrogen (secondary N) is 2. The first kappa shape index (κ1) is 16.4. The zero-order valence-electron chi connectivity index (χ0n) is 14.1. The fraction of sp³-hybridized carbons (Fsp3) is 0.105. The average molecular weight is 333 g/mol. The van der Waals surface area contributed by atoms with E-state index in [-0.39, 0.29) is 5.91 Å². The van der Waals surface area contributed by atoms with Gasteiger partial charge in [0.1, 0.15) is 0 Å². The molecule has 2 N–H and O–H groups in total. The van der Waals surface area contributed by atoms with Gasteiger partial charge in [0.05, 0.1) is 5.56 Å². The van der Waals surface area contributed by atoms with Crippen LogP contribution in [0.2, 0.25) is 0 Å². The minimum absolute atomic E-state index is 0.246. The van der Waals surface area contributed by atoms with Gasteiger partial charge in [-0.3, -0.25) is 4.79 Å². The predicted molar refractivity (Wildman–Crippen MR) is 100 cm³/mol. The molecule has 2 aromatic carbocycles. The molecule has 1 aromatic heterocycles. The molecule has 3 rings (SSSR count). The van der Waals surface area contributed by atoms with Crippen LogP contribution in [0.5, 0.6) is 0 Å². The highest BCUT2D eigenvalue weighted by Crippen LogP contribution is 2.17. The Labute approximate surface area is 146 Å². The monoisotopic (exact) mass is 333 g/mol. The molecule has 0 aliphatic rings. The number of rotatable bonds is 5. The van der Waals surface area contributed by atoms with Crippen molar-refractivity contribution in [1.29, 1.82) is 0 Å². The number of para-hydroxylation sites is 1. The van der Waals surface area contributed by atoms with Crippen LogP contribution in [0.1, 0.15) is 10.4 Å². The molecular formula is C19H19N5O. The van der Waals surface area contributed by atoms with Crippen molar-refractivity contribution in [1.82, 2.24) is 9.97 Å². The van der Waals surface area contributed by atoms with E-state index >= 15 is 0 Å². The first-order valence-electron chi connectivity index (χ1n) is 7.85. The summed E-state index contributed by atoms with van der Waals surface area (Å²) >= 11 is 0. The van der Waals surface area contributed by atoms with Crippen molar-refractivity contribution < 1.29 is 4.79 Å². The van der Waals surface area contributed by atoms with Crippen molar-refractivity contribution in [2.75, 3.05) is 29.6 Å². The van der Waals surface area contributed by atoms with E-state index in [0.29, 0.717) is 11.5 Å². The molecule has 126 valence electrons. The van der Waals surface area contributed by atoms with E-state index in [0.717, 1.165) is 17.1 Å². The highest BCUT2D eigenvalue weighted by Gasteiger charge is 2.08. The Kier molecular flexibility index (Phi) is 4.89. The number of benzene rings is 2. The van der Waals surface area contributed by atoms with Gasteiger partial charge >= 0.3 is 0 Å². The molecule has 1 heterocycles. The molecule has 0 saturated heterocycles. The molecule has 6 nitrogen and oxygen atoms in total. The number of carbonyl (C=O) groups is 1. The molecule has 0 atom stereocenters. The topological polar surface area (TPSA) is 70.2 Å². The molecule has 0 bridgehead atoms. The Morgan fingerprint density at radius 2 is 1.52 bits per heavy atom. The van der Waals surface area contributed by atoms with Crippen LogP contribution in [0.3, 0.4) is 0 Å². The molecule has 0 unspecified atom stereocenters. The smallest absolute Gasteiger partial charge is 0.258 e. The van der Waals surface area contributed by atoms with Gasteiger partial charge in [-0.2, -0.15) is 0 Å². The Hall–Kier alpha value is -3.41. The van der Waals surface area contributed by atoms with Gasteiger partial charge < -0.3 is 15.5 Å². The van der Waals surface area contributed by atoms with Gasteiger partial charge in [0, 0.05) is 43.6 Å². The summed E-state index contributed by atoms with van der Waals surface area (Å²) in [6.45, 7) is 0. The van der Waals surface area contributed by atoms with Gasteiger partial charge in [-0.1, -0.05) is 18.2 Å². The molecule has 6 heteroatoms. The fourth-order valence-electron chi connectivity index (χ4n) is 2.21. The third kappa shape index (κ3) is 4.32.